The molecule has 0 saturated heterocycles. The number of nitrogens with two attached hydrogens (primary N) is 1. The van der Waals surface area contributed by atoms with Crippen molar-refractivity contribution in [2.24, 2.45) is 0 Å². The molecule has 196 valence electrons. The molecule has 0 bridgehead atoms. The molecule has 0 fully saturated rings. The van der Waals surface area contributed by atoms with E-state index in [1.54, 1.807) is 0 Å². The molecule has 1 heterocycles. The van der Waals surface area contributed by atoms with Gasteiger partial charge in [0.1, 0.15) is 17.5 Å². The van der Waals surface area contributed by atoms with Gasteiger partial charge in [-0.3, -0.25) is 4.57 Å². The van der Waals surface area contributed by atoms with E-state index >= 15 is 0 Å². The summed E-state index contributed by atoms with van der Waals surface area (Å²) in [5.41, 5.74) is 8.29. The number of aromatic nitrogens is 1. The molecular formula is C29H40N2O5. The van der Waals surface area contributed by atoms with E-state index < -0.39 is 17.8 Å². The van der Waals surface area contributed by atoms with Crippen molar-refractivity contribution >= 4 is 22.8 Å². The summed E-state index contributed by atoms with van der Waals surface area (Å²) in [7, 11) is 0. The Morgan fingerprint density at radius 2 is 1.75 bits per heavy atom. The molecule has 0 amide bonds. The zero-order chi connectivity index (χ0) is 26.8. The maximum atomic E-state index is 13.7. The van der Waals surface area contributed by atoms with E-state index in [9.17, 15) is 14.7 Å². The molecule has 1 unspecified atom stereocenters. The molecular weight excluding hydrogens is 456 g/mol. The molecule has 0 spiro atoms. The fourth-order valence-electron chi connectivity index (χ4n) is 4.27. The summed E-state index contributed by atoms with van der Waals surface area (Å²) >= 11 is 0. The summed E-state index contributed by atoms with van der Waals surface area (Å²) in [6, 6.07) is 7.87. The van der Waals surface area contributed by atoms with E-state index in [1.807, 2.05) is 19.1 Å². The Kier molecular flexibility index (Phi) is 7.91. The summed E-state index contributed by atoms with van der Waals surface area (Å²) in [6.45, 7) is 15.0. The lowest BCUT2D eigenvalue weighted by molar-refractivity contribution is -0.138. The Bertz CT molecular complexity index is 1300. The van der Waals surface area contributed by atoms with Gasteiger partial charge in [0.15, 0.2) is 5.58 Å². The first kappa shape index (κ1) is 27.4. The first-order valence-electron chi connectivity index (χ1n) is 12.9. The SMILES string of the molecule is CCCCC(C(=O)Oc1ccc(C(C)(C)CC)cc1C(C)(C)CC)n1c(=O)oc2cc(N)c(O)cc21. The predicted molar refractivity (Wildman–Crippen MR) is 144 cm³/mol. The van der Waals surface area contributed by atoms with Gasteiger partial charge in [-0.25, -0.2) is 9.59 Å². The van der Waals surface area contributed by atoms with Crippen LogP contribution in [-0.4, -0.2) is 15.6 Å². The number of oxazole rings is 1. The minimum absolute atomic E-state index is 0.0162. The van der Waals surface area contributed by atoms with E-state index in [1.165, 1.54) is 22.3 Å². The zero-order valence-electron chi connectivity index (χ0n) is 22.6. The number of nitrogens with zero attached hydrogens (tertiary/aromatic N) is 1. The number of unbranched alkanes of at least 4 members (excludes halogenated alkanes) is 1. The largest absolute Gasteiger partial charge is 0.506 e. The normalized spacial score (nSPS) is 13.2. The van der Waals surface area contributed by atoms with Crippen molar-refractivity contribution in [2.75, 3.05) is 5.73 Å². The number of carbonyl (C=O) groups is 1. The number of phenolic OH excluding ortho intramolecular Hbond substituents is 1. The Morgan fingerprint density at radius 1 is 1.08 bits per heavy atom. The standard InChI is InChI=1S/C29H40N2O5/c1-8-11-12-21(31-22-17-23(32)20(30)16-25(22)36-27(31)34)26(33)35-24-14-13-18(28(4,5)9-2)15-19(24)29(6,7)10-3/h13-17,21,32H,8-12,30H2,1-7H3. The number of fused-ring (bicyclic) bond motifs is 1. The zero-order valence-corrected chi connectivity index (χ0v) is 22.6. The van der Waals surface area contributed by atoms with Crippen LogP contribution in [0.5, 0.6) is 11.5 Å². The van der Waals surface area contributed by atoms with Crippen molar-refractivity contribution in [3.05, 3.63) is 52.0 Å². The van der Waals surface area contributed by atoms with Crippen LogP contribution in [-0.2, 0) is 15.6 Å². The molecule has 0 aliphatic rings. The number of esters is 1. The second kappa shape index (κ2) is 10.4. The highest BCUT2D eigenvalue weighted by Gasteiger charge is 2.31. The number of nitrogen functional groups attached to an aromatic ring is 1. The van der Waals surface area contributed by atoms with Gasteiger partial charge in [0.25, 0.3) is 0 Å². The molecule has 0 aliphatic heterocycles. The number of hydrogen-bond acceptors (Lipinski definition) is 6. The Balaban J connectivity index is 2.10. The number of anilines is 1. The van der Waals surface area contributed by atoms with Crippen molar-refractivity contribution < 1.29 is 19.1 Å². The van der Waals surface area contributed by atoms with Crippen molar-refractivity contribution in [3.63, 3.8) is 0 Å². The van der Waals surface area contributed by atoms with E-state index in [0.717, 1.165) is 24.8 Å². The summed E-state index contributed by atoms with van der Waals surface area (Å²) in [6.07, 6.45) is 3.77. The number of ether oxygens (including phenoxy) is 1. The van der Waals surface area contributed by atoms with Gasteiger partial charge in [-0.15, -0.1) is 0 Å². The van der Waals surface area contributed by atoms with Gasteiger partial charge in [0.05, 0.1) is 11.2 Å². The van der Waals surface area contributed by atoms with Crippen molar-refractivity contribution in [1.29, 1.82) is 0 Å². The average molecular weight is 497 g/mol. The minimum atomic E-state index is -0.911. The number of hydrogen-bond donors (Lipinski definition) is 2. The number of carbonyl (C=O) groups excluding carboxylic acids is 1. The van der Waals surface area contributed by atoms with E-state index in [2.05, 4.69) is 47.6 Å². The molecule has 3 rings (SSSR count). The summed E-state index contributed by atoms with van der Waals surface area (Å²) in [5, 5.41) is 10.1. The maximum Gasteiger partial charge on any atom is 0.420 e. The third kappa shape index (κ3) is 5.30. The van der Waals surface area contributed by atoms with Crippen LogP contribution in [0.4, 0.5) is 5.69 Å². The van der Waals surface area contributed by atoms with Crippen LogP contribution >= 0.6 is 0 Å². The second-order valence-electron chi connectivity index (χ2n) is 10.9. The highest BCUT2D eigenvalue weighted by Crippen LogP contribution is 2.39. The monoisotopic (exact) mass is 496 g/mol. The Morgan fingerprint density at radius 3 is 2.36 bits per heavy atom. The van der Waals surface area contributed by atoms with Gasteiger partial charge in [-0.05, 0) is 41.7 Å². The van der Waals surface area contributed by atoms with E-state index in [-0.39, 0.29) is 27.8 Å². The Labute approximate surface area is 213 Å². The summed E-state index contributed by atoms with van der Waals surface area (Å²) in [4.78, 5) is 26.5. The lowest BCUT2D eigenvalue weighted by Crippen LogP contribution is -2.31. The number of phenols is 1. The van der Waals surface area contributed by atoms with Gasteiger partial charge < -0.3 is 20.0 Å². The van der Waals surface area contributed by atoms with Gasteiger partial charge in [0.2, 0.25) is 0 Å². The smallest absolute Gasteiger partial charge is 0.420 e. The van der Waals surface area contributed by atoms with Gasteiger partial charge in [0, 0.05) is 17.7 Å². The van der Waals surface area contributed by atoms with E-state index in [0.29, 0.717) is 24.1 Å². The van der Waals surface area contributed by atoms with E-state index in [4.69, 9.17) is 14.9 Å². The van der Waals surface area contributed by atoms with Gasteiger partial charge in [-0.1, -0.05) is 73.4 Å². The quantitative estimate of drug-likeness (QED) is 0.142. The highest BCUT2D eigenvalue weighted by atomic mass is 16.5. The summed E-state index contributed by atoms with van der Waals surface area (Å²) in [5.74, 6) is -0.917. The summed E-state index contributed by atoms with van der Waals surface area (Å²) < 4.78 is 12.7. The van der Waals surface area contributed by atoms with Crippen LogP contribution in [0.3, 0.4) is 0 Å². The van der Waals surface area contributed by atoms with Crippen LogP contribution in [0.25, 0.3) is 11.1 Å². The third-order valence-corrected chi connectivity index (χ3v) is 7.65. The second-order valence-corrected chi connectivity index (χ2v) is 10.9. The lowest BCUT2D eigenvalue weighted by atomic mass is 9.76. The average Bonchev–Trinajstić information content (AvgIpc) is 3.14. The molecule has 7 heteroatoms. The molecule has 3 N–H and O–H groups in total. The molecule has 0 aliphatic carbocycles. The number of rotatable bonds is 10. The molecule has 1 atom stereocenters. The molecule has 3 aromatic rings. The maximum absolute atomic E-state index is 13.7. The van der Waals surface area contributed by atoms with Gasteiger partial charge in [-0.2, -0.15) is 0 Å². The fraction of sp³-hybridized carbons (Fsp3) is 0.517. The van der Waals surface area contributed by atoms with Crippen molar-refractivity contribution in [3.8, 4) is 11.5 Å². The molecule has 0 radical (unpaired) electrons. The van der Waals surface area contributed by atoms with Crippen molar-refractivity contribution in [1.82, 2.24) is 4.57 Å². The topological polar surface area (TPSA) is 108 Å². The third-order valence-electron chi connectivity index (χ3n) is 7.65. The van der Waals surface area contributed by atoms with Crippen molar-refractivity contribution in [2.45, 2.75) is 97.4 Å². The Hall–Kier alpha value is -3.22. The van der Waals surface area contributed by atoms with Crippen LogP contribution in [0, 0.1) is 0 Å². The predicted octanol–water partition coefficient (Wildman–Crippen LogP) is 6.59. The molecule has 1 aromatic heterocycles. The van der Waals surface area contributed by atoms with Gasteiger partial charge >= 0.3 is 11.7 Å². The first-order valence-corrected chi connectivity index (χ1v) is 12.9. The number of benzene rings is 2. The number of aromatic hydroxyl groups is 1. The fourth-order valence-corrected chi connectivity index (χ4v) is 4.27. The first-order chi connectivity index (χ1) is 16.9. The van der Waals surface area contributed by atoms with Crippen LogP contribution in [0.1, 0.15) is 97.7 Å². The molecule has 0 saturated carbocycles. The van der Waals surface area contributed by atoms with Crippen LogP contribution in [0.2, 0.25) is 0 Å². The molecule has 7 nitrogen and oxygen atoms in total. The van der Waals surface area contributed by atoms with Crippen LogP contribution < -0.4 is 16.2 Å². The highest BCUT2D eigenvalue weighted by molar-refractivity contribution is 5.84. The van der Waals surface area contributed by atoms with Crippen LogP contribution in [0.15, 0.2) is 39.5 Å². The molecule has 2 aromatic carbocycles. The lowest BCUT2D eigenvalue weighted by Gasteiger charge is -2.30. The molecule has 36 heavy (non-hydrogen) atoms. The minimum Gasteiger partial charge on any atom is -0.506 e.